The monoisotopic (exact) mass is 291 g/mol. The number of rotatable bonds is 5. The van der Waals surface area contributed by atoms with Gasteiger partial charge in [-0.25, -0.2) is 5.43 Å². The third-order valence-electron chi connectivity index (χ3n) is 3.76. The Bertz CT molecular complexity index is 708. The van der Waals surface area contributed by atoms with Crippen LogP contribution in [0.25, 0.3) is 5.69 Å². The molecular weight excluding hydrogens is 270 g/mol. The van der Waals surface area contributed by atoms with Gasteiger partial charge in [-0.3, -0.25) is 0 Å². The first-order valence-electron chi connectivity index (χ1n) is 7.52. The molecule has 0 saturated carbocycles. The van der Waals surface area contributed by atoms with Crippen molar-refractivity contribution in [3.63, 3.8) is 0 Å². The van der Waals surface area contributed by atoms with E-state index in [9.17, 15) is 0 Å². The van der Waals surface area contributed by atoms with Crippen LogP contribution in [0.4, 0.5) is 5.69 Å². The summed E-state index contributed by atoms with van der Waals surface area (Å²) in [7, 11) is 0. The molecule has 3 nitrogen and oxygen atoms in total. The van der Waals surface area contributed by atoms with E-state index in [-0.39, 0.29) is 0 Å². The van der Waals surface area contributed by atoms with E-state index < -0.39 is 0 Å². The Hall–Kier alpha value is -2.52. The molecule has 22 heavy (non-hydrogen) atoms. The predicted octanol–water partition coefficient (Wildman–Crippen LogP) is 4.21. The normalized spacial score (nSPS) is 10.6. The zero-order valence-corrected chi connectivity index (χ0v) is 13.0. The van der Waals surface area contributed by atoms with E-state index in [1.165, 1.54) is 22.6 Å². The van der Waals surface area contributed by atoms with Gasteiger partial charge in [0.05, 0.1) is 0 Å². The van der Waals surface area contributed by atoms with Crippen molar-refractivity contribution in [2.75, 3.05) is 5.43 Å². The third-order valence-corrected chi connectivity index (χ3v) is 3.76. The molecule has 0 amide bonds. The molecule has 0 bridgehead atoms. The number of hydrogen-bond donors (Lipinski definition) is 2. The fourth-order valence-electron chi connectivity index (χ4n) is 2.61. The Balaban J connectivity index is 1.62. The standard InChI is InChI=1S/C19H21N3/c1-15-8-9-16(2)22(15)19-12-10-17(11-13-19)14-20-21-18-6-4-3-5-7-18/h3-13,20-21H,14H2,1-2H3. The quantitative estimate of drug-likeness (QED) is 0.689. The molecule has 3 aromatic rings. The van der Waals surface area contributed by atoms with Gasteiger partial charge in [0.2, 0.25) is 0 Å². The first-order chi connectivity index (χ1) is 10.7. The molecule has 3 heteroatoms. The molecule has 112 valence electrons. The van der Waals surface area contributed by atoms with Gasteiger partial charge in [-0.2, -0.15) is 0 Å². The molecule has 1 heterocycles. The van der Waals surface area contributed by atoms with Crippen molar-refractivity contribution in [3.8, 4) is 5.69 Å². The number of hydrazine groups is 1. The Morgan fingerprint density at radius 3 is 2.05 bits per heavy atom. The first kappa shape index (κ1) is 14.4. The Morgan fingerprint density at radius 1 is 0.773 bits per heavy atom. The summed E-state index contributed by atoms with van der Waals surface area (Å²) in [4.78, 5) is 0. The van der Waals surface area contributed by atoms with Crippen molar-refractivity contribution in [1.29, 1.82) is 0 Å². The first-order valence-corrected chi connectivity index (χ1v) is 7.52. The van der Waals surface area contributed by atoms with Gasteiger partial charge in [0.1, 0.15) is 0 Å². The van der Waals surface area contributed by atoms with Gasteiger partial charge in [-0.1, -0.05) is 30.3 Å². The fraction of sp³-hybridized carbons (Fsp3) is 0.158. The molecular formula is C19H21N3. The molecule has 0 radical (unpaired) electrons. The molecule has 3 rings (SSSR count). The van der Waals surface area contributed by atoms with Crippen molar-refractivity contribution in [2.24, 2.45) is 0 Å². The van der Waals surface area contributed by atoms with Crippen molar-refractivity contribution < 1.29 is 0 Å². The second-order valence-corrected chi connectivity index (χ2v) is 5.46. The minimum Gasteiger partial charge on any atom is -0.321 e. The Morgan fingerprint density at radius 2 is 1.41 bits per heavy atom. The maximum Gasteiger partial charge on any atom is 0.0487 e. The molecule has 0 aliphatic rings. The summed E-state index contributed by atoms with van der Waals surface area (Å²) in [5, 5.41) is 0. The largest absolute Gasteiger partial charge is 0.321 e. The number of nitrogens with one attached hydrogen (secondary N) is 2. The van der Waals surface area contributed by atoms with E-state index in [4.69, 9.17) is 0 Å². The van der Waals surface area contributed by atoms with Gasteiger partial charge in [0.25, 0.3) is 0 Å². The van der Waals surface area contributed by atoms with E-state index in [0.29, 0.717) is 0 Å². The molecule has 0 aliphatic heterocycles. The van der Waals surface area contributed by atoms with Crippen LogP contribution in [0.1, 0.15) is 17.0 Å². The minimum absolute atomic E-state index is 0.777. The van der Waals surface area contributed by atoms with Crippen LogP contribution in [-0.4, -0.2) is 4.57 Å². The lowest BCUT2D eigenvalue weighted by molar-refractivity contribution is 0.800. The summed E-state index contributed by atoms with van der Waals surface area (Å²) in [6.45, 7) is 5.04. The van der Waals surface area contributed by atoms with E-state index in [2.05, 4.69) is 65.7 Å². The van der Waals surface area contributed by atoms with Crippen molar-refractivity contribution in [1.82, 2.24) is 9.99 Å². The van der Waals surface area contributed by atoms with Crippen molar-refractivity contribution in [2.45, 2.75) is 20.4 Å². The van der Waals surface area contributed by atoms with Crippen LogP contribution in [0.2, 0.25) is 0 Å². The summed E-state index contributed by atoms with van der Waals surface area (Å²) >= 11 is 0. The average molecular weight is 291 g/mol. The third kappa shape index (κ3) is 3.21. The highest BCUT2D eigenvalue weighted by atomic mass is 15.3. The number of anilines is 1. The zero-order valence-electron chi connectivity index (χ0n) is 13.0. The summed E-state index contributed by atoms with van der Waals surface area (Å²) in [5.74, 6) is 0. The highest BCUT2D eigenvalue weighted by Crippen LogP contribution is 2.16. The van der Waals surface area contributed by atoms with E-state index >= 15 is 0 Å². The predicted molar refractivity (Wildman–Crippen MR) is 92.1 cm³/mol. The van der Waals surface area contributed by atoms with Crippen LogP contribution in [0.3, 0.4) is 0 Å². The molecule has 2 N–H and O–H groups in total. The summed E-state index contributed by atoms with van der Waals surface area (Å²) < 4.78 is 2.26. The summed E-state index contributed by atoms with van der Waals surface area (Å²) in [6, 6.07) is 23.1. The SMILES string of the molecule is Cc1ccc(C)n1-c1ccc(CNNc2ccccc2)cc1. The maximum absolute atomic E-state index is 3.24. The van der Waals surface area contributed by atoms with Crippen LogP contribution in [0.15, 0.2) is 66.7 Å². The molecule has 0 atom stereocenters. The number of aromatic nitrogens is 1. The van der Waals surface area contributed by atoms with Gasteiger partial charge >= 0.3 is 0 Å². The molecule has 0 unspecified atom stereocenters. The van der Waals surface area contributed by atoms with E-state index in [0.717, 1.165) is 12.2 Å². The maximum atomic E-state index is 3.24. The van der Waals surface area contributed by atoms with Gasteiger partial charge in [-0.15, -0.1) is 0 Å². The van der Waals surface area contributed by atoms with Crippen molar-refractivity contribution in [3.05, 3.63) is 83.7 Å². The molecule has 0 aliphatic carbocycles. The number of para-hydroxylation sites is 1. The molecule has 0 saturated heterocycles. The van der Waals surface area contributed by atoms with Crippen LogP contribution in [0.5, 0.6) is 0 Å². The molecule has 0 fully saturated rings. The van der Waals surface area contributed by atoms with E-state index in [1.54, 1.807) is 0 Å². The lowest BCUT2D eigenvalue weighted by atomic mass is 10.2. The average Bonchev–Trinajstić information content (AvgIpc) is 2.88. The minimum atomic E-state index is 0.777. The van der Waals surface area contributed by atoms with E-state index in [1.807, 2.05) is 30.3 Å². The highest BCUT2D eigenvalue weighted by Gasteiger charge is 2.03. The van der Waals surface area contributed by atoms with Gasteiger partial charge in [-0.05, 0) is 55.8 Å². The van der Waals surface area contributed by atoms with Crippen LogP contribution < -0.4 is 10.9 Å². The summed E-state index contributed by atoms with van der Waals surface area (Å²) in [5.41, 5.74) is 12.5. The number of benzene rings is 2. The lowest BCUT2D eigenvalue weighted by Gasteiger charge is -2.11. The summed E-state index contributed by atoms with van der Waals surface area (Å²) in [6.07, 6.45) is 0. The van der Waals surface area contributed by atoms with Crippen molar-refractivity contribution >= 4 is 5.69 Å². The van der Waals surface area contributed by atoms with Gasteiger partial charge in [0.15, 0.2) is 0 Å². The van der Waals surface area contributed by atoms with Crippen LogP contribution >= 0.6 is 0 Å². The number of hydrogen-bond acceptors (Lipinski definition) is 2. The second kappa shape index (κ2) is 6.50. The Labute approximate surface area is 131 Å². The fourth-order valence-corrected chi connectivity index (χ4v) is 2.61. The van der Waals surface area contributed by atoms with Gasteiger partial charge in [0, 0.05) is 29.3 Å². The Kier molecular flexibility index (Phi) is 4.26. The van der Waals surface area contributed by atoms with Gasteiger partial charge < -0.3 is 9.99 Å². The number of aryl methyl sites for hydroxylation is 2. The van der Waals surface area contributed by atoms with Crippen LogP contribution in [-0.2, 0) is 6.54 Å². The lowest BCUT2D eigenvalue weighted by Crippen LogP contribution is -2.20. The van der Waals surface area contributed by atoms with Crippen LogP contribution in [0, 0.1) is 13.8 Å². The molecule has 1 aromatic heterocycles. The molecule has 2 aromatic carbocycles. The number of nitrogens with zero attached hydrogens (tertiary/aromatic N) is 1. The topological polar surface area (TPSA) is 29.0 Å². The second-order valence-electron chi connectivity index (χ2n) is 5.46. The highest BCUT2D eigenvalue weighted by molar-refractivity contribution is 5.42. The smallest absolute Gasteiger partial charge is 0.0487 e. The zero-order chi connectivity index (χ0) is 15.4. The molecule has 0 spiro atoms.